The average molecular weight is 348 g/mol. The van der Waals surface area contributed by atoms with Gasteiger partial charge >= 0.3 is 5.97 Å². The van der Waals surface area contributed by atoms with Crippen LogP contribution in [0.5, 0.6) is 0 Å². The maximum atomic E-state index is 12.3. The van der Waals surface area contributed by atoms with Crippen molar-refractivity contribution in [2.75, 3.05) is 0 Å². The number of nitrogens with one attached hydrogen (secondary N) is 1. The topological polar surface area (TPSA) is 104 Å². The zero-order valence-corrected chi connectivity index (χ0v) is 13.7. The molecule has 1 fully saturated rings. The Bertz CT molecular complexity index is 761. The number of β-lactam (4-membered cyclic amide) rings is 1. The predicted molar refractivity (Wildman–Crippen MR) is 86.0 cm³/mol. The molecule has 0 spiro atoms. The van der Waals surface area contributed by atoms with Crippen molar-refractivity contribution in [3.05, 3.63) is 46.9 Å². The molecule has 0 aliphatic carbocycles. The fraction of sp³-hybridized carbons (Fsp3) is 0.312. The summed E-state index contributed by atoms with van der Waals surface area (Å²) in [6, 6.07) is 6.95. The molecule has 1 aromatic carbocycles. The Kier molecular flexibility index (Phi) is 4.23. The van der Waals surface area contributed by atoms with Gasteiger partial charge in [0.1, 0.15) is 11.4 Å². The number of hydrogen-bond donors (Lipinski definition) is 2. The summed E-state index contributed by atoms with van der Waals surface area (Å²) in [6.07, 6.45) is 0.0984. The Labute approximate surface area is 140 Å². The van der Waals surface area contributed by atoms with Gasteiger partial charge < -0.3 is 15.3 Å². The molecule has 2 N–H and O–H groups in total. The molecule has 126 valence electrons. The number of amides is 2. The van der Waals surface area contributed by atoms with E-state index in [4.69, 9.17) is 0 Å². The highest BCUT2D eigenvalue weighted by Crippen LogP contribution is 2.34. The molecule has 0 aromatic heterocycles. The van der Waals surface area contributed by atoms with Crippen LogP contribution in [0, 0.1) is 0 Å². The van der Waals surface area contributed by atoms with E-state index in [1.165, 1.54) is 12.3 Å². The van der Waals surface area contributed by atoms with Crippen molar-refractivity contribution >= 4 is 28.6 Å². The molecule has 2 aliphatic rings. The number of fused-ring (bicyclic) bond motifs is 1. The summed E-state index contributed by atoms with van der Waals surface area (Å²) >= 11 is 0. The summed E-state index contributed by atoms with van der Waals surface area (Å²) in [5.41, 5.74) is 1.15. The Hall–Kier alpha value is -2.48. The van der Waals surface area contributed by atoms with Crippen LogP contribution in [0.4, 0.5) is 0 Å². The lowest BCUT2D eigenvalue weighted by molar-refractivity contribution is -0.160. The number of carboxylic acid groups (broad SMARTS) is 1. The number of hydrogen-bond acceptors (Lipinski definition) is 4. The summed E-state index contributed by atoms with van der Waals surface area (Å²) in [6.45, 7) is 1.53. The molecule has 0 saturated carbocycles. The first-order chi connectivity index (χ1) is 11.4. The van der Waals surface area contributed by atoms with Crippen LogP contribution in [0.25, 0.3) is 0 Å². The number of benzene rings is 1. The van der Waals surface area contributed by atoms with Gasteiger partial charge in [-0.05, 0) is 18.1 Å². The van der Waals surface area contributed by atoms with Gasteiger partial charge in [-0.15, -0.1) is 0 Å². The Balaban J connectivity index is 1.73. The minimum Gasteiger partial charge on any atom is -0.479 e. The van der Waals surface area contributed by atoms with E-state index in [1.54, 1.807) is 24.3 Å². The number of carbonyl (C=O) groups is 3. The van der Waals surface area contributed by atoms with Crippen LogP contribution in [0.15, 0.2) is 41.3 Å². The fourth-order valence-electron chi connectivity index (χ4n) is 3.00. The highest BCUT2D eigenvalue weighted by molar-refractivity contribution is 7.88. The van der Waals surface area contributed by atoms with Gasteiger partial charge in [0.25, 0.3) is 0 Å². The van der Waals surface area contributed by atoms with Crippen molar-refractivity contribution < 1.29 is 23.7 Å². The summed E-state index contributed by atoms with van der Waals surface area (Å²) < 4.78 is 12.2. The molecule has 3 rings (SSSR count). The third-order valence-corrected chi connectivity index (χ3v) is 5.67. The number of rotatable bonds is 4. The van der Waals surface area contributed by atoms with E-state index >= 15 is 0 Å². The van der Waals surface area contributed by atoms with Crippen molar-refractivity contribution in [1.29, 1.82) is 0 Å². The standard InChI is InChI=1S/C16H16N2O5S/c1-9-8-24(23)15-12(14(20)18(15)13(9)16(21)22)17-11(19)7-10-5-3-2-4-6-10/h2-6,8,12-13,15H,7H2,1H3,(H,17,19)(H,21,22). The molecule has 0 bridgehead atoms. The predicted octanol–water partition coefficient (Wildman–Crippen LogP) is 0.00150. The fourth-order valence-corrected chi connectivity index (χ4v) is 4.53. The Morgan fingerprint density at radius 2 is 1.96 bits per heavy atom. The zero-order chi connectivity index (χ0) is 17.4. The van der Waals surface area contributed by atoms with Gasteiger partial charge in [0.05, 0.1) is 17.2 Å². The lowest BCUT2D eigenvalue weighted by atomic mass is 9.98. The highest BCUT2D eigenvalue weighted by Gasteiger charge is 2.57. The minimum atomic E-state index is -1.54. The molecule has 2 amide bonds. The molecule has 4 atom stereocenters. The van der Waals surface area contributed by atoms with Gasteiger partial charge in [-0.3, -0.25) is 13.8 Å². The quantitative estimate of drug-likeness (QED) is 0.746. The molecule has 7 nitrogen and oxygen atoms in total. The van der Waals surface area contributed by atoms with Crippen LogP contribution in [-0.2, 0) is 31.6 Å². The molecule has 8 heteroatoms. The first kappa shape index (κ1) is 16.4. The summed E-state index contributed by atoms with van der Waals surface area (Å²) in [4.78, 5) is 36.8. The van der Waals surface area contributed by atoms with E-state index in [2.05, 4.69) is 5.32 Å². The molecule has 2 aliphatic heterocycles. The lowest BCUT2D eigenvalue weighted by Gasteiger charge is -2.50. The normalized spacial score (nSPS) is 28.5. The third-order valence-electron chi connectivity index (χ3n) is 4.09. The first-order valence-corrected chi connectivity index (χ1v) is 8.63. The van der Waals surface area contributed by atoms with Crippen LogP contribution in [0.2, 0.25) is 0 Å². The van der Waals surface area contributed by atoms with Crippen LogP contribution in [0.3, 0.4) is 0 Å². The maximum Gasteiger partial charge on any atom is 0.330 e. The summed E-state index contributed by atoms with van der Waals surface area (Å²) in [5, 5.41) is 12.4. The van der Waals surface area contributed by atoms with Gasteiger partial charge in [-0.25, -0.2) is 4.79 Å². The second kappa shape index (κ2) is 6.20. The van der Waals surface area contributed by atoms with E-state index in [0.717, 1.165) is 10.5 Å². The molecule has 4 unspecified atom stereocenters. The largest absolute Gasteiger partial charge is 0.479 e. The average Bonchev–Trinajstić information content (AvgIpc) is 2.53. The van der Waals surface area contributed by atoms with Gasteiger partial charge in [0.2, 0.25) is 11.8 Å². The molecular weight excluding hydrogens is 332 g/mol. The number of carboxylic acids is 1. The molecule has 1 aromatic rings. The maximum absolute atomic E-state index is 12.3. The van der Waals surface area contributed by atoms with Crippen molar-refractivity contribution in [1.82, 2.24) is 10.2 Å². The monoisotopic (exact) mass is 348 g/mol. The summed E-state index contributed by atoms with van der Waals surface area (Å²) in [5.74, 6) is -2.06. The molecular formula is C16H16N2O5S. The van der Waals surface area contributed by atoms with Gasteiger partial charge in [-0.2, -0.15) is 0 Å². The van der Waals surface area contributed by atoms with E-state index in [1.807, 2.05) is 6.07 Å². The van der Waals surface area contributed by atoms with Crippen LogP contribution in [0.1, 0.15) is 12.5 Å². The van der Waals surface area contributed by atoms with Crippen molar-refractivity contribution in [3.63, 3.8) is 0 Å². The van der Waals surface area contributed by atoms with E-state index in [9.17, 15) is 23.7 Å². The molecule has 0 radical (unpaired) electrons. The molecule has 2 heterocycles. The second-order valence-electron chi connectivity index (χ2n) is 5.77. The van der Waals surface area contributed by atoms with E-state index < -0.39 is 40.1 Å². The van der Waals surface area contributed by atoms with E-state index in [-0.39, 0.29) is 12.3 Å². The van der Waals surface area contributed by atoms with E-state index in [0.29, 0.717) is 5.57 Å². The van der Waals surface area contributed by atoms with Crippen molar-refractivity contribution in [3.8, 4) is 0 Å². The molecule has 24 heavy (non-hydrogen) atoms. The van der Waals surface area contributed by atoms with Crippen molar-refractivity contribution in [2.45, 2.75) is 30.8 Å². The van der Waals surface area contributed by atoms with Gasteiger partial charge in [-0.1, -0.05) is 30.3 Å². The van der Waals surface area contributed by atoms with Gasteiger partial charge in [0.15, 0.2) is 6.04 Å². The van der Waals surface area contributed by atoms with Crippen LogP contribution in [-0.4, -0.2) is 49.5 Å². The Morgan fingerprint density at radius 3 is 2.58 bits per heavy atom. The van der Waals surface area contributed by atoms with Crippen LogP contribution < -0.4 is 5.32 Å². The smallest absolute Gasteiger partial charge is 0.330 e. The molecule has 1 saturated heterocycles. The third kappa shape index (κ3) is 2.73. The van der Waals surface area contributed by atoms with Crippen molar-refractivity contribution in [2.24, 2.45) is 0 Å². The second-order valence-corrected chi connectivity index (χ2v) is 7.15. The number of aliphatic carboxylic acids is 1. The van der Waals surface area contributed by atoms with Gasteiger partial charge in [0, 0.05) is 5.41 Å². The lowest BCUT2D eigenvalue weighted by Crippen LogP contribution is -2.76. The number of nitrogens with zero attached hydrogens (tertiary/aromatic N) is 1. The van der Waals surface area contributed by atoms with Crippen LogP contribution >= 0.6 is 0 Å². The highest BCUT2D eigenvalue weighted by atomic mass is 32.2. The zero-order valence-electron chi connectivity index (χ0n) is 12.8. The minimum absolute atomic E-state index is 0.0984. The summed E-state index contributed by atoms with van der Waals surface area (Å²) in [7, 11) is -1.54. The Morgan fingerprint density at radius 1 is 1.29 bits per heavy atom. The number of carbonyl (C=O) groups excluding carboxylic acids is 2. The first-order valence-electron chi connectivity index (χ1n) is 7.36. The SMILES string of the molecule is CC1=CS(=O)C2C(NC(=O)Cc3ccccc3)C(=O)N2C1C(=O)O.